The van der Waals surface area contributed by atoms with Crippen molar-refractivity contribution in [3.05, 3.63) is 70.8 Å². The maximum atomic E-state index is 5.75. The van der Waals surface area contributed by atoms with Crippen LogP contribution in [0.25, 0.3) is 0 Å². The minimum atomic E-state index is 0.398. The average Bonchev–Trinajstić information content (AvgIpc) is 2.94. The number of rotatable bonds is 0. The molecule has 0 saturated heterocycles. The molecule has 0 bridgehead atoms. The zero-order chi connectivity index (χ0) is 26.4. The summed E-state index contributed by atoms with van der Waals surface area (Å²) in [5.41, 5.74) is 4.43. The van der Waals surface area contributed by atoms with E-state index in [0.717, 1.165) is 45.3 Å². The van der Waals surface area contributed by atoms with E-state index in [2.05, 4.69) is 71.6 Å². The maximum Gasteiger partial charge on any atom is 0.108 e. The van der Waals surface area contributed by atoms with Crippen LogP contribution in [-0.4, -0.2) is 49.4 Å². The van der Waals surface area contributed by atoms with Gasteiger partial charge in [-0.15, -0.1) is 23.5 Å². The number of fused-ring (bicyclic) bond motifs is 2. The molecule has 0 atom stereocenters. The Bertz CT molecular complexity index is 1040. The van der Waals surface area contributed by atoms with Crippen LogP contribution in [-0.2, 0) is 45.4 Å². The van der Waals surface area contributed by atoms with Gasteiger partial charge in [-0.3, -0.25) is 0 Å². The van der Waals surface area contributed by atoms with Crippen LogP contribution >= 0.6 is 23.5 Å². The van der Waals surface area contributed by atoms with Crippen molar-refractivity contribution in [2.24, 2.45) is 0 Å². The van der Waals surface area contributed by atoms with E-state index in [4.69, 9.17) is 18.9 Å². The highest BCUT2D eigenvalue weighted by Gasteiger charge is 2.03. The first-order chi connectivity index (χ1) is 18.9. The molecule has 0 unspecified atom stereocenters. The third kappa shape index (κ3) is 13.1. The molecule has 6 heteroatoms. The van der Waals surface area contributed by atoms with Crippen molar-refractivity contribution in [1.82, 2.24) is 0 Å². The maximum absolute atomic E-state index is 5.75. The highest BCUT2D eigenvalue weighted by molar-refractivity contribution is 7.99. The summed E-state index contributed by atoms with van der Waals surface area (Å²) in [6, 6.07) is 16.3. The second-order valence-corrected chi connectivity index (χ2v) is 9.88. The van der Waals surface area contributed by atoms with Gasteiger partial charge in [0.1, 0.15) is 26.4 Å². The Balaban J connectivity index is 1.50. The lowest BCUT2D eigenvalue weighted by Gasteiger charge is -2.08. The second kappa shape index (κ2) is 20.2. The molecular formula is C32H32O4S2. The minimum Gasteiger partial charge on any atom is -0.364 e. The SMILES string of the molecule is C1#CCSCC#CCOCc2ccccc2COCC#CCSCC#CCOCc2ccccc2COC1. The summed E-state index contributed by atoms with van der Waals surface area (Å²) in [6.07, 6.45) is 0. The van der Waals surface area contributed by atoms with Crippen molar-refractivity contribution in [2.75, 3.05) is 49.4 Å². The van der Waals surface area contributed by atoms with E-state index in [0.29, 0.717) is 52.9 Å². The molecule has 1 aliphatic rings. The highest BCUT2D eigenvalue weighted by atomic mass is 32.2. The van der Waals surface area contributed by atoms with E-state index in [1.54, 1.807) is 23.5 Å². The van der Waals surface area contributed by atoms with Gasteiger partial charge in [0.2, 0.25) is 0 Å². The average molecular weight is 545 g/mol. The third-order valence-corrected chi connectivity index (χ3v) is 6.55. The first-order valence-electron chi connectivity index (χ1n) is 12.4. The lowest BCUT2D eigenvalue weighted by molar-refractivity contribution is 0.138. The van der Waals surface area contributed by atoms with Gasteiger partial charge in [0.15, 0.2) is 0 Å². The minimum absolute atomic E-state index is 0.398. The van der Waals surface area contributed by atoms with Crippen LogP contribution < -0.4 is 0 Å². The van der Waals surface area contributed by atoms with E-state index in [1.807, 2.05) is 24.3 Å². The Morgan fingerprint density at radius 2 is 0.658 bits per heavy atom. The lowest BCUT2D eigenvalue weighted by atomic mass is 10.1. The summed E-state index contributed by atoms with van der Waals surface area (Å²) in [7, 11) is 0. The Kier molecular flexibility index (Phi) is 15.8. The van der Waals surface area contributed by atoms with Crippen molar-refractivity contribution in [3.8, 4) is 47.4 Å². The number of hydrogen-bond acceptors (Lipinski definition) is 6. The largest absolute Gasteiger partial charge is 0.364 e. The van der Waals surface area contributed by atoms with E-state index < -0.39 is 0 Å². The molecule has 0 radical (unpaired) electrons. The molecule has 1 aliphatic heterocycles. The lowest BCUT2D eigenvalue weighted by Crippen LogP contribution is -2.01. The van der Waals surface area contributed by atoms with Gasteiger partial charge in [0.25, 0.3) is 0 Å². The molecule has 0 saturated carbocycles. The van der Waals surface area contributed by atoms with Gasteiger partial charge in [-0.25, -0.2) is 0 Å². The highest BCUT2D eigenvalue weighted by Crippen LogP contribution is 2.12. The van der Waals surface area contributed by atoms with Crippen LogP contribution in [0.4, 0.5) is 0 Å². The molecular weight excluding hydrogens is 512 g/mol. The van der Waals surface area contributed by atoms with Crippen molar-refractivity contribution in [1.29, 1.82) is 0 Å². The fourth-order valence-electron chi connectivity index (χ4n) is 3.24. The third-order valence-electron chi connectivity index (χ3n) is 5.16. The Labute approximate surface area is 235 Å². The Hall–Kier alpha value is -2.78. The van der Waals surface area contributed by atoms with E-state index in [1.165, 1.54) is 0 Å². The number of thioether (sulfide) groups is 2. The fourth-order valence-corrected chi connectivity index (χ4v) is 4.26. The van der Waals surface area contributed by atoms with E-state index >= 15 is 0 Å². The molecule has 1 heterocycles. The normalized spacial score (nSPS) is 16.6. The van der Waals surface area contributed by atoms with Crippen molar-refractivity contribution in [3.63, 3.8) is 0 Å². The van der Waals surface area contributed by atoms with Crippen LogP contribution in [0, 0.1) is 47.4 Å². The summed E-state index contributed by atoms with van der Waals surface area (Å²) in [6.45, 7) is 3.62. The van der Waals surface area contributed by atoms with Gasteiger partial charge in [-0.1, -0.05) is 95.9 Å². The van der Waals surface area contributed by atoms with Gasteiger partial charge in [-0.2, -0.15) is 0 Å². The number of hydrogen-bond donors (Lipinski definition) is 0. The van der Waals surface area contributed by atoms with Crippen LogP contribution in [0.5, 0.6) is 0 Å². The zero-order valence-corrected chi connectivity index (χ0v) is 23.2. The molecule has 0 aromatic heterocycles. The molecule has 2 aromatic carbocycles. The standard InChI is InChI=1S/C32H32O4S2/c1-2-14-30-26-34-18-6-10-22-38-24-12-8-20-36-28-32-16-4-3-15-31(32)27-35-19-7-11-23-37-21-9-5-17-33-25-29(30)13-1/h1-4,13-16H,17-28H2. The molecule has 196 valence electrons. The fraction of sp³-hybridized carbons (Fsp3) is 0.375. The van der Waals surface area contributed by atoms with Crippen LogP contribution in [0.15, 0.2) is 48.5 Å². The first-order valence-corrected chi connectivity index (χ1v) is 14.7. The van der Waals surface area contributed by atoms with Gasteiger partial charge in [0, 0.05) is 0 Å². The van der Waals surface area contributed by atoms with Crippen LogP contribution in [0.1, 0.15) is 22.3 Å². The summed E-state index contributed by atoms with van der Waals surface area (Å²) in [4.78, 5) is 0. The summed E-state index contributed by atoms with van der Waals surface area (Å²) in [5.74, 6) is 27.7. The van der Waals surface area contributed by atoms with Crippen molar-refractivity contribution < 1.29 is 18.9 Å². The predicted octanol–water partition coefficient (Wildman–Crippen LogP) is 4.95. The van der Waals surface area contributed by atoms with Crippen molar-refractivity contribution >= 4 is 23.5 Å². The molecule has 0 N–H and O–H groups in total. The molecule has 0 spiro atoms. The van der Waals surface area contributed by atoms with Crippen LogP contribution in [0.2, 0.25) is 0 Å². The summed E-state index contributed by atoms with van der Waals surface area (Å²) in [5, 5.41) is 0. The predicted molar refractivity (Wildman–Crippen MR) is 157 cm³/mol. The molecule has 2 aromatic rings. The summed E-state index contributed by atoms with van der Waals surface area (Å²) < 4.78 is 23.0. The Morgan fingerprint density at radius 1 is 0.395 bits per heavy atom. The smallest absolute Gasteiger partial charge is 0.108 e. The monoisotopic (exact) mass is 544 g/mol. The summed E-state index contributed by atoms with van der Waals surface area (Å²) >= 11 is 3.37. The van der Waals surface area contributed by atoms with Gasteiger partial charge < -0.3 is 18.9 Å². The zero-order valence-electron chi connectivity index (χ0n) is 21.6. The quantitative estimate of drug-likeness (QED) is 0.437. The topological polar surface area (TPSA) is 36.9 Å². The molecule has 3 rings (SSSR count). The van der Waals surface area contributed by atoms with E-state index in [9.17, 15) is 0 Å². The van der Waals surface area contributed by atoms with Crippen molar-refractivity contribution in [2.45, 2.75) is 26.4 Å². The van der Waals surface area contributed by atoms with Crippen LogP contribution in [0.3, 0.4) is 0 Å². The van der Waals surface area contributed by atoms with E-state index in [-0.39, 0.29) is 0 Å². The number of benzene rings is 2. The molecule has 4 nitrogen and oxygen atoms in total. The molecule has 0 fully saturated rings. The molecule has 38 heavy (non-hydrogen) atoms. The Morgan fingerprint density at radius 3 is 0.921 bits per heavy atom. The van der Waals surface area contributed by atoms with Gasteiger partial charge >= 0.3 is 0 Å². The molecule has 0 aliphatic carbocycles. The number of ether oxygens (including phenoxy) is 4. The van der Waals surface area contributed by atoms with Gasteiger partial charge in [0.05, 0.1) is 49.4 Å². The molecule has 0 amide bonds. The van der Waals surface area contributed by atoms with Gasteiger partial charge in [-0.05, 0) is 22.3 Å². The second-order valence-electron chi connectivity index (χ2n) is 7.91. The first kappa shape index (κ1) is 29.8.